The summed E-state index contributed by atoms with van der Waals surface area (Å²) in [5.74, 6) is 1.47. The molecule has 0 radical (unpaired) electrons. The van der Waals surface area contributed by atoms with Crippen LogP contribution in [0.4, 0.5) is 11.5 Å². The molecule has 1 aliphatic rings. The summed E-state index contributed by atoms with van der Waals surface area (Å²) in [5, 5.41) is 2.80. The van der Waals surface area contributed by atoms with Crippen molar-refractivity contribution in [1.82, 2.24) is 14.9 Å². The molecule has 148 valence electrons. The standard InChI is InChI=1S/C19H23N5O4/c1-13(25)23-6-8-24(9-7-23)18-11-16(20-12-21-18)19(26)22-15-5-4-14(27-2)10-17(15)28-3/h4-5,10-12H,6-9H2,1-3H3,(H,22,26). The first-order chi connectivity index (χ1) is 13.5. The molecule has 0 atom stereocenters. The lowest BCUT2D eigenvalue weighted by Gasteiger charge is -2.34. The average molecular weight is 385 g/mol. The summed E-state index contributed by atoms with van der Waals surface area (Å²) in [7, 11) is 3.08. The molecule has 2 aromatic rings. The minimum Gasteiger partial charge on any atom is -0.497 e. The molecule has 1 aromatic heterocycles. The Morgan fingerprint density at radius 1 is 1.04 bits per heavy atom. The molecule has 9 nitrogen and oxygen atoms in total. The number of nitrogens with one attached hydrogen (secondary N) is 1. The van der Waals surface area contributed by atoms with E-state index >= 15 is 0 Å². The average Bonchev–Trinajstić information content (AvgIpc) is 2.74. The van der Waals surface area contributed by atoms with Gasteiger partial charge in [0.25, 0.3) is 5.91 Å². The molecule has 0 saturated carbocycles. The monoisotopic (exact) mass is 385 g/mol. The van der Waals surface area contributed by atoms with Crippen LogP contribution in [-0.4, -0.2) is 67.1 Å². The molecular formula is C19H23N5O4. The number of carbonyl (C=O) groups excluding carboxylic acids is 2. The summed E-state index contributed by atoms with van der Waals surface area (Å²) in [5.41, 5.74) is 0.764. The Morgan fingerprint density at radius 2 is 1.79 bits per heavy atom. The molecule has 0 unspecified atom stereocenters. The number of anilines is 2. The Kier molecular flexibility index (Phi) is 5.93. The van der Waals surface area contributed by atoms with Gasteiger partial charge in [0.15, 0.2) is 0 Å². The van der Waals surface area contributed by atoms with Gasteiger partial charge in [-0.2, -0.15) is 0 Å². The van der Waals surface area contributed by atoms with Crippen LogP contribution in [-0.2, 0) is 4.79 Å². The zero-order valence-corrected chi connectivity index (χ0v) is 16.1. The third-order valence-corrected chi connectivity index (χ3v) is 4.59. The first-order valence-electron chi connectivity index (χ1n) is 8.87. The Hall–Kier alpha value is -3.36. The van der Waals surface area contributed by atoms with E-state index in [0.29, 0.717) is 49.2 Å². The summed E-state index contributed by atoms with van der Waals surface area (Å²) in [6, 6.07) is 6.78. The quantitative estimate of drug-likeness (QED) is 0.831. The molecule has 1 saturated heterocycles. The molecule has 0 aliphatic carbocycles. The SMILES string of the molecule is COc1ccc(NC(=O)c2cc(N3CCN(C(C)=O)CC3)ncn2)c(OC)c1. The Bertz CT molecular complexity index is 865. The summed E-state index contributed by atoms with van der Waals surface area (Å²) >= 11 is 0. The van der Waals surface area contributed by atoms with E-state index in [0.717, 1.165) is 0 Å². The minimum atomic E-state index is -0.366. The van der Waals surface area contributed by atoms with Crippen molar-refractivity contribution in [2.24, 2.45) is 0 Å². The maximum absolute atomic E-state index is 12.7. The van der Waals surface area contributed by atoms with Gasteiger partial charge in [0.1, 0.15) is 29.3 Å². The Morgan fingerprint density at radius 3 is 2.43 bits per heavy atom. The van der Waals surface area contributed by atoms with Gasteiger partial charge in [-0.1, -0.05) is 0 Å². The van der Waals surface area contributed by atoms with Crippen LogP contribution in [0.5, 0.6) is 11.5 Å². The van der Waals surface area contributed by atoms with Crippen molar-refractivity contribution < 1.29 is 19.1 Å². The number of ether oxygens (including phenoxy) is 2. The second-order valence-corrected chi connectivity index (χ2v) is 6.27. The highest BCUT2D eigenvalue weighted by molar-refractivity contribution is 6.04. The van der Waals surface area contributed by atoms with E-state index in [1.807, 2.05) is 4.90 Å². The second-order valence-electron chi connectivity index (χ2n) is 6.27. The zero-order chi connectivity index (χ0) is 20.1. The Labute approximate surface area is 163 Å². The van der Waals surface area contributed by atoms with Gasteiger partial charge in [0, 0.05) is 45.2 Å². The number of nitrogens with zero attached hydrogens (tertiary/aromatic N) is 4. The van der Waals surface area contributed by atoms with E-state index in [1.54, 1.807) is 43.2 Å². The van der Waals surface area contributed by atoms with Crippen molar-refractivity contribution in [3.05, 3.63) is 36.3 Å². The van der Waals surface area contributed by atoms with Gasteiger partial charge in [-0.05, 0) is 12.1 Å². The number of benzene rings is 1. The number of methoxy groups -OCH3 is 2. The van der Waals surface area contributed by atoms with Crippen molar-refractivity contribution in [3.8, 4) is 11.5 Å². The first kappa shape index (κ1) is 19.4. The van der Waals surface area contributed by atoms with Crippen molar-refractivity contribution in [2.45, 2.75) is 6.92 Å². The van der Waals surface area contributed by atoms with Crippen LogP contribution in [0.1, 0.15) is 17.4 Å². The normalized spacial score (nSPS) is 13.8. The lowest BCUT2D eigenvalue weighted by Crippen LogP contribution is -2.48. The molecule has 0 bridgehead atoms. The summed E-state index contributed by atoms with van der Waals surface area (Å²) in [6.45, 7) is 4.14. The third-order valence-electron chi connectivity index (χ3n) is 4.59. The molecule has 3 rings (SSSR count). The number of amides is 2. The fourth-order valence-corrected chi connectivity index (χ4v) is 2.98. The van der Waals surface area contributed by atoms with E-state index in [1.165, 1.54) is 13.4 Å². The van der Waals surface area contributed by atoms with Gasteiger partial charge in [-0.15, -0.1) is 0 Å². The number of carbonyl (C=O) groups is 2. The molecule has 9 heteroatoms. The number of rotatable bonds is 5. The molecule has 2 amide bonds. The van der Waals surface area contributed by atoms with E-state index in [2.05, 4.69) is 15.3 Å². The highest BCUT2D eigenvalue weighted by Gasteiger charge is 2.21. The topological polar surface area (TPSA) is 96.9 Å². The smallest absolute Gasteiger partial charge is 0.274 e. The minimum absolute atomic E-state index is 0.0656. The number of hydrogen-bond acceptors (Lipinski definition) is 7. The molecule has 0 spiro atoms. The van der Waals surface area contributed by atoms with Gasteiger partial charge in [0.05, 0.1) is 19.9 Å². The lowest BCUT2D eigenvalue weighted by molar-refractivity contribution is -0.129. The molecule has 2 heterocycles. The largest absolute Gasteiger partial charge is 0.497 e. The number of aromatic nitrogens is 2. The molecular weight excluding hydrogens is 362 g/mol. The van der Waals surface area contributed by atoms with E-state index in [4.69, 9.17) is 9.47 Å². The second kappa shape index (κ2) is 8.55. The maximum atomic E-state index is 12.7. The van der Waals surface area contributed by atoms with Crippen molar-refractivity contribution in [3.63, 3.8) is 0 Å². The molecule has 28 heavy (non-hydrogen) atoms. The summed E-state index contributed by atoms with van der Waals surface area (Å²) < 4.78 is 10.5. The van der Waals surface area contributed by atoms with Crippen molar-refractivity contribution >= 4 is 23.3 Å². The van der Waals surface area contributed by atoms with E-state index in [9.17, 15) is 9.59 Å². The highest BCUT2D eigenvalue weighted by atomic mass is 16.5. The van der Waals surface area contributed by atoms with Crippen LogP contribution in [0.3, 0.4) is 0 Å². The van der Waals surface area contributed by atoms with Crippen LogP contribution in [0.15, 0.2) is 30.6 Å². The van der Waals surface area contributed by atoms with Gasteiger partial charge in [0.2, 0.25) is 5.91 Å². The predicted octanol–water partition coefficient (Wildman–Crippen LogP) is 1.41. The van der Waals surface area contributed by atoms with Gasteiger partial charge in [-0.3, -0.25) is 9.59 Å². The number of hydrogen-bond donors (Lipinski definition) is 1. The maximum Gasteiger partial charge on any atom is 0.274 e. The number of piperazine rings is 1. The molecule has 1 aromatic carbocycles. The third kappa shape index (κ3) is 4.30. The van der Waals surface area contributed by atoms with Crippen LogP contribution in [0.2, 0.25) is 0 Å². The first-order valence-corrected chi connectivity index (χ1v) is 8.87. The fourth-order valence-electron chi connectivity index (χ4n) is 2.98. The van der Waals surface area contributed by atoms with Crippen LogP contribution >= 0.6 is 0 Å². The summed E-state index contributed by atoms with van der Waals surface area (Å²) in [4.78, 5) is 36.3. The fraction of sp³-hybridized carbons (Fsp3) is 0.368. The summed E-state index contributed by atoms with van der Waals surface area (Å²) in [6.07, 6.45) is 1.37. The Balaban J connectivity index is 1.72. The van der Waals surface area contributed by atoms with Crippen molar-refractivity contribution in [1.29, 1.82) is 0 Å². The molecule has 1 aliphatic heterocycles. The highest BCUT2D eigenvalue weighted by Crippen LogP contribution is 2.29. The van der Waals surface area contributed by atoms with Crippen molar-refractivity contribution in [2.75, 3.05) is 50.6 Å². The van der Waals surface area contributed by atoms with Gasteiger partial charge >= 0.3 is 0 Å². The lowest BCUT2D eigenvalue weighted by atomic mass is 10.2. The van der Waals surface area contributed by atoms with Gasteiger partial charge < -0.3 is 24.6 Å². The molecule has 1 fully saturated rings. The van der Waals surface area contributed by atoms with Crippen LogP contribution in [0.25, 0.3) is 0 Å². The molecule has 1 N–H and O–H groups in total. The van der Waals surface area contributed by atoms with Gasteiger partial charge in [-0.25, -0.2) is 9.97 Å². The predicted molar refractivity (Wildman–Crippen MR) is 104 cm³/mol. The van der Waals surface area contributed by atoms with E-state index < -0.39 is 0 Å². The zero-order valence-electron chi connectivity index (χ0n) is 16.1. The van der Waals surface area contributed by atoms with E-state index in [-0.39, 0.29) is 17.5 Å². The van der Waals surface area contributed by atoms with Crippen LogP contribution in [0, 0.1) is 0 Å². The van der Waals surface area contributed by atoms with Crippen LogP contribution < -0.4 is 19.7 Å².